The van der Waals surface area contributed by atoms with Crippen LogP contribution in [0.25, 0.3) is 5.70 Å². The first kappa shape index (κ1) is 14.3. The third kappa shape index (κ3) is 2.91. The summed E-state index contributed by atoms with van der Waals surface area (Å²) in [5.74, 6) is -1.19. The molecule has 0 saturated heterocycles. The Morgan fingerprint density at radius 1 is 1.29 bits per heavy atom. The van der Waals surface area contributed by atoms with Gasteiger partial charge in [0.25, 0.3) is 0 Å². The minimum Gasteiger partial charge on any atom is -0.379 e. The van der Waals surface area contributed by atoms with Gasteiger partial charge >= 0.3 is 0 Å². The van der Waals surface area contributed by atoms with E-state index >= 15 is 0 Å². The first-order valence-corrected chi connectivity index (χ1v) is 4.77. The van der Waals surface area contributed by atoms with Crippen molar-refractivity contribution in [2.75, 3.05) is 7.05 Å². The van der Waals surface area contributed by atoms with Crippen molar-refractivity contribution >= 4 is 5.70 Å². The summed E-state index contributed by atoms with van der Waals surface area (Å²) >= 11 is 0. The molecule has 0 fully saturated rings. The van der Waals surface area contributed by atoms with Crippen LogP contribution in [-0.2, 0) is 32.7 Å². The van der Waals surface area contributed by atoms with E-state index < -0.39 is 11.6 Å². The number of benzene rings is 1. The van der Waals surface area contributed by atoms with Gasteiger partial charge in [-0.1, -0.05) is 17.8 Å². The average molecular weight is 307 g/mol. The second kappa shape index (κ2) is 5.70. The summed E-state index contributed by atoms with van der Waals surface area (Å²) in [7, 11) is 1.76. The summed E-state index contributed by atoms with van der Waals surface area (Å²) in [6.07, 6.45) is 6.35. The molecule has 1 heterocycles. The molecule has 1 aromatic rings. The SMILES string of the molecule is C=C1C=C[C-]=C(c2ccc(F)cc2F)N1C.[Y]. The molecular formula is C13H10F2NY-. The second-order valence-electron chi connectivity index (χ2n) is 3.50. The number of hydrogen-bond acceptors (Lipinski definition) is 1. The Labute approximate surface area is 124 Å². The molecule has 1 nitrogen and oxygen atoms in total. The molecule has 1 radical (unpaired) electrons. The Morgan fingerprint density at radius 3 is 2.65 bits per heavy atom. The van der Waals surface area contributed by atoms with Crippen molar-refractivity contribution in [3.8, 4) is 0 Å². The van der Waals surface area contributed by atoms with Crippen LogP contribution in [0.3, 0.4) is 0 Å². The van der Waals surface area contributed by atoms with Gasteiger partial charge in [0.05, 0.1) is 5.82 Å². The maximum Gasteiger partial charge on any atom is 0.124 e. The summed E-state index contributed by atoms with van der Waals surface area (Å²) in [5, 5.41) is 0. The topological polar surface area (TPSA) is 3.24 Å². The van der Waals surface area contributed by atoms with Crippen molar-refractivity contribution in [2.45, 2.75) is 0 Å². The van der Waals surface area contributed by atoms with Crippen molar-refractivity contribution in [3.05, 3.63) is 65.9 Å². The van der Waals surface area contributed by atoms with Gasteiger partial charge in [0, 0.05) is 39.8 Å². The second-order valence-corrected chi connectivity index (χ2v) is 3.50. The molecule has 0 spiro atoms. The van der Waals surface area contributed by atoms with E-state index in [4.69, 9.17) is 0 Å². The van der Waals surface area contributed by atoms with Gasteiger partial charge in [-0.05, 0) is 17.8 Å². The van der Waals surface area contributed by atoms with Gasteiger partial charge in [-0.25, -0.2) is 8.78 Å². The number of nitrogens with zero attached hydrogens (tertiary/aromatic N) is 1. The summed E-state index contributed by atoms with van der Waals surface area (Å²) < 4.78 is 26.3. The normalized spacial score (nSPS) is 14.4. The Bertz CT molecular complexity index is 506. The number of hydrogen-bond donors (Lipinski definition) is 0. The van der Waals surface area contributed by atoms with Gasteiger partial charge in [-0.2, -0.15) is 12.2 Å². The summed E-state index contributed by atoms with van der Waals surface area (Å²) in [6, 6.07) is 3.48. The molecule has 0 N–H and O–H groups in total. The van der Waals surface area contributed by atoms with E-state index in [2.05, 4.69) is 12.7 Å². The van der Waals surface area contributed by atoms with Crippen LogP contribution in [-0.4, -0.2) is 11.9 Å². The zero-order valence-corrected chi connectivity index (χ0v) is 12.2. The summed E-state index contributed by atoms with van der Waals surface area (Å²) in [5.41, 5.74) is 1.59. The zero-order valence-electron chi connectivity index (χ0n) is 9.37. The predicted octanol–water partition coefficient (Wildman–Crippen LogP) is 3.12. The van der Waals surface area contributed by atoms with Crippen molar-refractivity contribution in [3.63, 3.8) is 0 Å². The van der Waals surface area contributed by atoms with Crippen LogP contribution in [0, 0.1) is 17.7 Å². The number of allylic oxidation sites excluding steroid dienone is 3. The minimum absolute atomic E-state index is 0. The van der Waals surface area contributed by atoms with Gasteiger partial charge in [0.2, 0.25) is 0 Å². The first-order chi connectivity index (χ1) is 7.59. The van der Waals surface area contributed by atoms with Gasteiger partial charge in [-0.3, -0.25) is 0 Å². The molecule has 17 heavy (non-hydrogen) atoms. The number of likely N-dealkylation sites (N-methyl/N-ethyl adjacent to an activating group) is 1. The molecule has 1 aliphatic rings. The molecule has 0 amide bonds. The molecule has 0 bridgehead atoms. The van der Waals surface area contributed by atoms with E-state index in [0.717, 1.165) is 11.8 Å². The Morgan fingerprint density at radius 2 is 2.00 bits per heavy atom. The van der Waals surface area contributed by atoms with E-state index in [0.29, 0.717) is 11.3 Å². The van der Waals surface area contributed by atoms with E-state index in [1.54, 1.807) is 24.1 Å². The van der Waals surface area contributed by atoms with Gasteiger partial charge < -0.3 is 4.90 Å². The molecule has 0 saturated carbocycles. The van der Waals surface area contributed by atoms with Crippen LogP contribution in [0.1, 0.15) is 5.56 Å². The fraction of sp³-hybridized carbons (Fsp3) is 0.0769. The van der Waals surface area contributed by atoms with E-state index in [1.807, 2.05) is 0 Å². The number of rotatable bonds is 1. The smallest absolute Gasteiger partial charge is 0.124 e. The maximum absolute atomic E-state index is 13.6. The molecule has 1 aliphatic heterocycles. The van der Waals surface area contributed by atoms with E-state index in [1.165, 1.54) is 12.1 Å². The van der Waals surface area contributed by atoms with Crippen molar-refractivity contribution in [1.82, 2.24) is 4.90 Å². The maximum atomic E-state index is 13.6. The van der Waals surface area contributed by atoms with Crippen LogP contribution in [0.15, 0.2) is 42.6 Å². The summed E-state index contributed by atoms with van der Waals surface area (Å²) in [4.78, 5) is 1.70. The molecular weight excluding hydrogens is 297 g/mol. The molecule has 0 aromatic heterocycles. The van der Waals surface area contributed by atoms with Gasteiger partial charge in [-0.15, -0.1) is 12.1 Å². The van der Waals surface area contributed by atoms with Crippen LogP contribution < -0.4 is 0 Å². The van der Waals surface area contributed by atoms with Crippen molar-refractivity contribution in [2.24, 2.45) is 0 Å². The Kier molecular flexibility index (Phi) is 4.78. The minimum atomic E-state index is -0.600. The third-order valence-corrected chi connectivity index (χ3v) is 2.45. The largest absolute Gasteiger partial charge is 0.379 e. The monoisotopic (exact) mass is 307 g/mol. The Balaban J connectivity index is 0.00000144. The predicted molar refractivity (Wildman–Crippen MR) is 59.1 cm³/mol. The Hall–Kier alpha value is -0.796. The van der Waals surface area contributed by atoms with Crippen molar-refractivity contribution in [1.29, 1.82) is 0 Å². The van der Waals surface area contributed by atoms with Crippen LogP contribution in [0.4, 0.5) is 8.78 Å². The third-order valence-electron chi connectivity index (χ3n) is 2.45. The van der Waals surface area contributed by atoms with Gasteiger partial charge in [0.1, 0.15) is 5.82 Å². The molecule has 85 valence electrons. The van der Waals surface area contributed by atoms with Gasteiger partial charge in [0.15, 0.2) is 0 Å². The standard InChI is InChI=1S/C13H10F2N.Y/c1-9-4-3-5-13(16(9)2)11-7-6-10(14)8-12(11)15;/h3-4,6-8H,1H2,2H3;/q-1;. The molecule has 0 aliphatic carbocycles. The molecule has 4 heteroatoms. The molecule has 0 unspecified atom stereocenters. The van der Waals surface area contributed by atoms with Crippen LogP contribution >= 0.6 is 0 Å². The number of halogens is 2. The molecule has 1 aromatic carbocycles. The first-order valence-electron chi connectivity index (χ1n) is 4.77. The van der Waals surface area contributed by atoms with Crippen molar-refractivity contribution < 1.29 is 41.5 Å². The van der Waals surface area contributed by atoms with E-state index in [9.17, 15) is 8.78 Å². The van der Waals surface area contributed by atoms with Crippen LogP contribution in [0.5, 0.6) is 0 Å². The summed E-state index contributed by atoms with van der Waals surface area (Å²) in [6.45, 7) is 3.80. The molecule has 0 atom stereocenters. The van der Waals surface area contributed by atoms with E-state index in [-0.39, 0.29) is 32.7 Å². The molecule has 2 rings (SSSR count). The zero-order chi connectivity index (χ0) is 11.7. The fourth-order valence-electron chi connectivity index (χ4n) is 1.51. The van der Waals surface area contributed by atoms with Crippen LogP contribution in [0.2, 0.25) is 0 Å². The average Bonchev–Trinajstić information content (AvgIpc) is 2.23. The quantitative estimate of drug-likeness (QED) is 0.721. The fourth-order valence-corrected chi connectivity index (χ4v) is 1.51.